The summed E-state index contributed by atoms with van der Waals surface area (Å²) in [4.78, 5) is 28.5. The summed E-state index contributed by atoms with van der Waals surface area (Å²) in [5, 5.41) is 14.1. The summed E-state index contributed by atoms with van der Waals surface area (Å²) in [5.41, 5.74) is 3.31. The van der Waals surface area contributed by atoms with Crippen LogP contribution in [0, 0.1) is 17.0 Å². The Morgan fingerprint density at radius 1 is 1.13 bits per heavy atom. The second-order valence-electron chi connectivity index (χ2n) is 8.62. The molecule has 166 valence electrons. The summed E-state index contributed by atoms with van der Waals surface area (Å²) in [7, 11) is 6.26. The van der Waals surface area contributed by atoms with Crippen molar-refractivity contribution >= 4 is 17.3 Å². The van der Waals surface area contributed by atoms with Gasteiger partial charge in [0, 0.05) is 42.5 Å². The molecular weight excluding hydrogens is 394 g/mol. The fourth-order valence-corrected chi connectivity index (χ4v) is 4.15. The van der Waals surface area contributed by atoms with E-state index in [1.165, 1.54) is 27.5 Å². The predicted octanol–water partition coefficient (Wildman–Crippen LogP) is -0.146. The second kappa shape index (κ2) is 9.89. The van der Waals surface area contributed by atoms with Crippen LogP contribution in [0.1, 0.15) is 27.5 Å². The number of quaternary nitrogens is 2. The smallest absolute Gasteiger partial charge is 0.272 e. The molecule has 31 heavy (non-hydrogen) atoms. The average Bonchev–Trinajstić information content (AvgIpc) is 2.75. The molecule has 0 saturated carbocycles. The second-order valence-corrected chi connectivity index (χ2v) is 8.62. The summed E-state index contributed by atoms with van der Waals surface area (Å²) in [6, 6.07) is 13.2. The topological polar surface area (TPSA) is 84.4 Å². The van der Waals surface area contributed by atoms with Gasteiger partial charge in [0.1, 0.15) is 32.2 Å². The molecule has 1 fully saturated rings. The number of likely N-dealkylation sites (N-methyl/N-ethyl adjacent to an activating group) is 1. The normalized spacial score (nSPS) is 19.5. The Bertz CT molecular complexity index is 921. The summed E-state index contributed by atoms with van der Waals surface area (Å²) in [6.07, 6.45) is 0. The molecule has 0 radical (unpaired) electrons. The molecule has 1 aliphatic heterocycles. The van der Waals surface area contributed by atoms with Crippen LogP contribution in [0.15, 0.2) is 42.5 Å². The van der Waals surface area contributed by atoms with E-state index in [0.29, 0.717) is 17.7 Å². The van der Waals surface area contributed by atoms with Crippen molar-refractivity contribution in [1.82, 2.24) is 5.32 Å². The Kier molecular flexibility index (Phi) is 7.25. The zero-order chi connectivity index (χ0) is 22.5. The lowest BCUT2D eigenvalue weighted by Gasteiger charge is -2.33. The minimum absolute atomic E-state index is 0.0276. The van der Waals surface area contributed by atoms with Gasteiger partial charge in [-0.25, -0.2) is 0 Å². The van der Waals surface area contributed by atoms with Gasteiger partial charge in [0.2, 0.25) is 0 Å². The van der Waals surface area contributed by atoms with E-state index in [1.54, 1.807) is 13.0 Å². The molecule has 0 spiro atoms. The maximum absolute atomic E-state index is 12.8. The zero-order valence-electron chi connectivity index (χ0n) is 18.8. The molecule has 2 aromatic rings. The number of nitrogens with zero attached hydrogens (tertiary/aromatic N) is 2. The number of aryl methyl sites for hydroxylation is 1. The number of hydrogen-bond acceptors (Lipinski definition) is 4. The largest absolute Gasteiger partial charge is 0.378 e. The minimum atomic E-state index is -0.427. The first-order chi connectivity index (χ1) is 14.8. The van der Waals surface area contributed by atoms with Gasteiger partial charge < -0.3 is 20.0 Å². The number of amides is 1. The number of carbonyl (C=O) groups is 1. The van der Waals surface area contributed by atoms with E-state index in [-0.39, 0.29) is 17.6 Å². The standard InChI is InChI=1S/C23H31N5O3/c1-17-15-19(7-10-21(17)28(30)31)23(29)24-16-22(27-13-11-26(4)12-14-27)18-5-8-20(9-6-18)25(2)3/h5-10,15,22H,11-14,16H2,1-4H3,(H,24,29)/p+2/t22-/m0/s1. The SMILES string of the molecule is Cc1cc(C(=O)NC[C@@H](c2ccc(N(C)C)cc2)[NH+]2CC[NH+](C)CC2)ccc1[N+](=O)[O-]. The number of piperazine rings is 1. The van der Waals surface area contributed by atoms with E-state index in [1.807, 2.05) is 14.1 Å². The number of nitro benzene ring substituents is 1. The zero-order valence-corrected chi connectivity index (χ0v) is 18.8. The average molecular weight is 428 g/mol. The molecular formula is C23H33N5O3+2. The highest BCUT2D eigenvalue weighted by Gasteiger charge is 2.30. The molecule has 8 nitrogen and oxygen atoms in total. The van der Waals surface area contributed by atoms with E-state index in [9.17, 15) is 14.9 Å². The van der Waals surface area contributed by atoms with Crippen LogP contribution in [0.25, 0.3) is 0 Å². The highest BCUT2D eigenvalue weighted by molar-refractivity contribution is 5.94. The lowest BCUT2D eigenvalue weighted by molar-refractivity contribution is -1.02. The van der Waals surface area contributed by atoms with Crippen molar-refractivity contribution < 1.29 is 19.5 Å². The molecule has 0 unspecified atom stereocenters. The van der Waals surface area contributed by atoms with Crippen molar-refractivity contribution in [1.29, 1.82) is 0 Å². The van der Waals surface area contributed by atoms with Crippen LogP contribution in [0.3, 0.4) is 0 Å². The van der Waals surface area contributed by atoms with E-state index in [2.05, 4.69) is 41.5 Å². The summed E-state index contributed by atoms with van der Waals surface area (Å²) >= 11 is 0. The van der Waals surface area contributed by atoms with Crippen LogP contribution >= 0.6 is 0 Å². The van der Waals surface area contributed by atoms with Gasteiger partial charge in [-0.1, -0.05) is 12.1 Å². The first-order valence-electron chi connectivity index (χ1n) is 10.7. The molecule has 3 N–H and O–H groups in total. The molecule has 0 bridgehead atoms. The third kappa shape index (κ3) is 5.59. The van der Waals surface area contributed by atoms with Crippen molar-refractivity contribution in [3.63, 3.8) is 0 Å². The monoisotopic (exact) mass is 427 g/mol. The summed E-state index contributed by atoms with van der Waals surface area (Å²) in [5.74, 6) is -0.202. The van der Waals surface area contributed by atoms with Gasteiger partial charge >= 0.3 is 0 Å². The van der Waals surface area contributed by atoms with E-state index in [4.69, 9.17) is 0 Å². The van der Waals surface area contributed by atoms with Crippen molar-refractivity contribution in [2.24, 2.45) is 0 Å². The van der Waals surface area contributed by atoms with Gasteiger partial charge in [0.25, 0.3) is 11.6 Å². The van der Waals surface area contributed by atoms with Crippen LogP contribution in [0.2, 0.25) is 0 Å². The van der Waals surface area contributed by atoms with Crippen molar-refractivity contribution in [3.05, 3.63) is 69.3 Å². The lowest BCUT2D eigenvalue weighted by atomic mass is 10.0. The van der Waals surface area contributed by atoms with E-state index < -0.39 is 4.92 Å². The molecule has 3 rings (SSSR count). The Morgan fingerprint density at radius 3 is 2.32 bits per heavy atom. The van der Waals surface area contributed by atoms with Crippen molar-refractivity contribution in [3.8, 4) is 0 Å². The van der Waals surface area contributed by atoms with Gasteiger partial charge in [0.05, 0.1) is 18.5 Å². The Morgan fingerprint density at radius 2 is 1.77 bits per heavy atom. The molecule has 1 saturated heterocycles. The number of hydrogen-bond donors (Lipinski definition) is 3. The van der Waals surface area contributed by atoms with Crippen LogP contribution in [0.4, 0.5) is 11.4 Å². The van der Waals surface area contributed by atoms with Gasteiger partial charge in [0.15, 0.2) is 0 Å². The van der Waals surface area contributed by atoms with Crippen LogP contribution in [-0.2, 0) is 0 Å². The first-order valence-corrected chi connectivity index (χ1v) is 10.7. The maximum Gasteiger partial charge on any atom is 0.272 e. The van der Waals surface area contributed by atoms with Crippen molar-refractivity contribution in [2.75, 3.05) is 58.8 Å². The van der Waals surface area contributed by atoms with Gasteiger partial charge in [-0.3, -0.25) is 14.9 Å². The van der Waals surface area contributed by atoms with Gasteiger partial charge in [-0.05, 0) is 31.2 Å². The van der Waals surface area contributed by atoms with E-state index in [0.717, 1.165) is 31.9 Å². The van der Waals surface area contributed by atoms with Crippen molar-refractivity contribution in [2.45, 2.75) is 13.0 Å². The molecule has 1 aliphatic rings. The number of benzene rings is 2. The van der Waals surface area contributed by atoms with Crippen LogP contribution in [0.5, 0.6) is 0 Å². The quantitative estimate of drug-likeness (QED) is 0.424. The first kappa shape index (κ1) is 22.7. The molecule has 8 heteroatoms. The molecule has 1 amide bonds. The Labute approximate surface area is 183 Å². The highest BCUT2D eigenvalue weighted by atomic mass is 16.6. The van der Waals surface area contributed by atoms with Crippen LogP contribution < -0.4 is 20.0 Å². The predicted molar refractivity (Wildman–Crippen MR) is 121 cm³/mol. The maximum atomic E-state index is 12.8. The Hall–Kier alpha value is -2.97. The van der Waals surface area contributed by atoms with Gasteiger partial charge in [-0.15, -0.1) is 0 Å². The number of nitro groups is 1. The van der Waals surface area contributed by atoms with Gasteiger partial charge in [-0.2, -0.15) is 0 Å². The molecule has 1 atom stereocenters. The minimum Gasteiger partial charge on any atom is -0.378 e. The van der Waals surface area contributed by atoms with E-state index >= 15 is 0 Å². The fourth-order valence-electron chi connectivity index (χ4n) is 4.15. The van der Waals surface area contributed by atoms with Crippen LogP contribution in [-0.4, -0.2) is 64.7 Å². The number of rotatable bonds is 7. The lowest BCUT2D eigenvalue weighted by Crippen LogP contribution is -3.27. The summed E-state index contributed by atoms with van der Waals surface area (Å²) in [6.45, 7) is 6.50. The third-order valence-corrected chi connectivity index (χ3v) is 6.17. The number of carbonyl (C=O) groups excluding carboxylic acids is 1. The molecule has 0 aliphatic carbocycles. The summed E-state index contributed by atoms with van der Waals surface area (Å²) < 4.78 is 0. The highest BCUT2D eigenvalue weighted by Crippen LogP contribution is 2.19. The molecule has 2 aromatic carbocycles. The fraction of sp³-hybridized carbons (Fsp3) is 0.435. The Balaban J connectivity index is 1.76. The number of anilines is 1. The third-order valence-electron chi connectivity index (χ3n) is 6.17. The molecule has 1 heterocycles. The molecule has 0 aromatic heterocycles. The number of nitrogens with one attached hydrogen (secondary N) is 3.